The fraction of sp³-hybridized carbons (Fsp3) is 0.650. The molecule has 0 bridgehead atoms. The Bertz CT molecular complexity index is 553. The summed E-state index contributed by atoms with van der Waals surface area (Å²) in [4.78, 5) is 14.3. The number of halogens is 1. The SMILES string of the molecule is O=C(CN1CCC(COCc2ccc(Cl)cc2)CC1)NCC1CCCO1. The van der Waals surface area contributed by atoms with Crippen molar-refractivity contribution in [2.24, 2.45) is 5.92 Å². The maximum Gasteiger partial charge on any atom is 0.234 e. The zero-order valence-electron chi connectivity index (χ0n) is 15.3. The number of piperidine rings is 1. The first kappa shape index (κ1) is 19.6. The lowest BCUT2D eigenvalue weighted by Gasteiger charge is -2.31. The number of hydrogen-bond donors (Lipinski definition) is 1. The second kappa shape index (κ2) is 10.3. The van der Waals surface area contributed by atoms with Gasteiger partial charge in [0.2, 0.25) is 5.91 Å². The lowest BCUT2D eigenvalue weighted by atomic mass is 9.98. The van der Waals surface area contributed by atoms with Gasteiger partial charge >= 0.3 is 0 Å². The van der Waals surface area contributed by atoms with Crippen molar-refractivity contribution in [1.29, 1.82) is 0 Å². The Morgan fingerprint density at radius 1 is 1.23 bits per heavy atom. The van der Waals surface area contributed by atoms with Crippen LogP contribution in [0.4, 0.5) is 0 Å². The molecule has 5 nitrogen and oxygen atoms in total. The number of carbonyl (C=O) groups is 1. The van der Waals surface area contributed by atoms with E-state index in [0.29, 0.717) is 25.6 Å². The molecule has 6 heteroatoms. The molecule has 2 aliphatic heterocycles. The van der Waals surface area contributed by atoms with Crippen LogP contribution >= 0.6 is 11.6 Å². The largest absolute Gasteiger partial charge is 0.376 e. The minimum Gasteiger partial charge on any atom is -0.376 e. The van der Waals surface area contributed by atoms with Crippen LogP contribution in [-0.2, 0) is 20.9 Å². The van der Waals surface area contributed by atoms with Gasteiger partial charge in [-0.25, -0.2) is 0 Å². The molecule has 1 aromatic carbocycles. The van der Waals surface area contributed by atoms with Crippen molar-refractivity contribution in [2.75, 3.05) is 39.4 Å². The first-order valence-electron chi connectivity index (χ1n) is 9.62. The van der Waals surface area contributed by atoms with E-state index in [0.717, 1.165) is 62.6 Å². The van der Waals surface area contributed by atoms with E-state index in [-0.39, 0.29) is 12.0 Å². The quantitative estimate of drug-likeness (QED) is 0.753. The monoisotopic (exact) mass is 380 g/mol. The predicted molar refractivity (Wildman–Crippen MR) is 102 cm³/mol. The van der Waals surface area contributed by atoms with Crippen LogP contribution in [0, 0.1) is 5.92 Å². The number of hydrogen-bond acceptors (Lipinski definition) is 4. The summed E-state index contributed by atoms with van der Waals surface area (Å²) in [6.07, 6.45) is 4.54. The molecule has 2 heterocycles. The second-order valence-electron chi connectivity index (χ2n) is 7.30. The number of nitrogens with zero attached hydrogens (tertiary/aromatic N) is 1. The lowest BCUT2D eigenvalue weighted by Crippen LogP contribution is -2.43. The van der Waals surface area contributed by atoms with Gasteiger partial charge in [-0.2, -0.15) is 0 Å². The molecule has 2 saturated heterocycles. The summed E-state index contributed by atoms with van der Waals surface area (Å²) >= 11 is 5.89. The van der Waals surface area contributed by atoms with Crippen LogP contribution in [0.3, 0.4) is 0 Å². The van der Waals surface area contributed by atoms with E-state index < -0.39 is 0 Å². The minimum atomic E-state index is 0.109. The number of ether oxygens (including phenoxy) is 2. The standard InChI is InChI=1S/C20H29ClN2O3/c21-18-5-3-16(4-6-18)14-25-15-17-7-9-23(10-8-17)13-20(24)22-12-19-2-1-11-26-19/h3-6,17,19H,1-2,7-15H2,(H,22,24). The highest BCUT2D eigenvalue weighted by atomic mass is 35.5. The molecule has 2 fully saturated rings. The molecule has 1 atom stereocenters. The molecule has 0 spiro atoms. The topological polar surface area (TPSA) is 50.8 Å². The van der Waals surface area contributed by atoms with E-state index in [4.69, 9.17) is 21.1 Å². The van der Waals surface area contributed by atoms with Crippen LogP contribution in [0.15, 0.2) is 24.3 Å². The predicted octanol–water partition coefficient (Wildman–Crippen LogP) is 2.86. The van der Waals surface area contributed by atoms with Crippen molar-refractivity contribution in [3.63, 3.8) is 0 Å². The average Bonchev–Trinajstić information content (AvgIpc) is 3.17. The summed E-state index contributed by atoms with van der Waals surface area (Å²) < 4.78 is 11.4. The lowest BCUT2D eigenvalue weighted by molar-refractivity contribution is -0.123. The Morgan fingerprint density at radius 3 is 2.69 bits per heavy atom. The fourth-order valence-corrected chi connectivity index (χ4v) is 3.65. The zero-order chi connectivity index (χ0) is 18.2. The number of rotatable bonds is 8. The van der Waals surface area contributed by atoms with E-state index in [9.17, 15) is 4.79 Å². The smallest absolute Gasteiger partial charge is 0.234 e. The third-order valence-electron chi connectivity index (χ3n) is 5.16. The summed E-state index contributed by atoms with van der Waals surface area (Å²) in [5.41, 5.74) is 1.15. The molecule has 3 rings (SSSR count). The van der Waals surface area contributed by atoms with Crippen LogP contribution < -0.4 is 5.32 Å². The van der Waals surface area contributed by atoms with Crippen LogP contribution in [-0.4, -0.2) is 56.3 Å². The highest BCUT2D eigenvalue weighted by Crippen LogP contribution is 2.18. The Balaban J connectivity index is 1.26. The van der Waals surface area contributed by atoms with Gasteiger partial charge in [-0.3, -0.25) is 9.69 Å². The Hall–Kier alpha value is -1.14. The Labute approximate surface area is 161 Å². The van der Waals surface area contributed by atoms with Crippen molar-refractivity contribution < 1.29 is 14.3 Å². The summed E-state index contributed by atoms with van der Waals surface area (Å²) in [5.74, 6) is 0.687. The normalized spacial score (nSPS) is 21.8. The maximum atomic E-state index is 12.1. The van der Waals surface area contributed by atoms with Crippen molar-refractivity contribution >= 4 is 17.5 Å². The fourth-order valence-electron chi connectivity index (χ4n) is 3.53. The maximum absolute atomic E-state index is 12.1. The molecule has 1 aromatic rings. The summed E-state index contributed by atoms with van der Waals surface area (Å²) in [5, 5.41) is 3.75. The Kier molecular flexibility index (Phi) is 7.74. The number of likely N-dealkylation sites (tertiary alicyclic amines) is 1. The molecule has 1 N–H and O–H groups in total. The van der Waals surface area contributed by atoms with E-state index in [2.05, 4.69) is 10.2 Å². The molecule has 0 aliphatic carbocycles. The van der Waals surface area contributed by atoms with Crippen molar-refractivity contribution in [2.45, 2.75) is 38.4 Å². The molecule has 0 saturated carbocycles. The molecule has 144 valence electrons. The van der Waals surface area contributed by atoms with Crippen LogP contribution in [0.1, 0.15) is 31.2 Å². The van der Waals surface area contributed by atoms with Gasteiger partial charge in [0.05, 0.1) is 19.3 Å². The van der Waals surface area contributed by atoms with Gasteiger partial charge < -0.3 is 14.8 Å². The molecule has 26 heavy (non-hydrogen) atoms. The van der Waals surface area contributed by atoms with E-state index in [1.807, 2.05) is 24.3 Å². The second-order valence-corrected chi connectivity index (χ2v) is 7.74. The summed E-state index contributed by atoms with van der Waals surface area (Å²) in [6.45, 7) is 5.29. The number of nitrogens with one attached hydrogen (secondary N) is 1. The van der Waals surface area contributed by atoms with E-state index in [1.54, 1.807) is 0 Å². The zero-order valence-corrected chi connectivity index (χ0v) is 16.0. The molecule has 2 aliphatic rings. The highest BCUT2D eigenvalue weighted by Gasteiger charge is 2.22. The highest BCUT2D eigenvalue weighted by molar-refractivity contribution is 6.30. The third kappa shape index (κ3) is 6.54. The van der Waals surface area contributed by atoms with Gasteiger partial charge in [-0.05, 0) is 62.4 Å². The molecule has 1 amide bonds. The van der Waals surface area contributed by atoms with E-state index in [1.165, 1.54) is 0 Å². The number of carbonyl (C=O) groups excluding carboxylic acids is 1. The van der Waals surface area contributed by atoms with E-state index >= 15 is 0 Å². The van der Waals surface area contributed by atoms with Crippen LogP contribution in [0.5, 0.6) is 0 Å². The Morgan fingerprint density at radius 2 is 2.00 bits per heavy atom. The van der Waals surface area contributed by atoms with Gasteiger partial charge in [0.15, 0.2) is 0 Å². The first-order valence-corrected chi connectivity index (χ1v) is 9.99. The number of benzene rings is 1. The van der Waals surface area contributed by atoms with Crippen LogP contribution in [0.25, 0.3) is 0 Å². The van der Waals surface area contributed by atoms with Gasteiger partial charge in [-0.15, -0.1) is 0 Å². The van der Waals surface area contributed by atoms with Crippen LogP contribution in [0.2, 0.25) is 5.02 Å². The summed E-state index contributed by atoms with van der Waals surface area (Å²) in [7, 11) is 0. The molecular formula is C20H29ClN2O3. The summed E-state index contributed by atoms with van der Waals surface area (Å²) in [6, 6.07) is 7.78. The van der Waals surface area contributed by atoms with Crippen molar-refractivity contribution in [3.05, 3.63) is 34.9 Å². The van der Waals surface area contributed by atoms with Crippen molar-refractivity contribution in [1.82, 2.24) is 10.2 Å². The molecule has 0 aromatic heterocycles. The number of amides is 1. The minimum absolute atomic E-state index is 0.109. The molecular weight excluding hydrogens is 352 g/mol. The third-order valence-corrected chi connectivity index (χ3v) is 5.41. The molecule has 1 unspecified atom stereocenters. The average molecular weight is 381 g/mol. The van der Waals surface area contributed by atoms with Gasteiger partial charge in [0.1, 0.15) is 0 Å². The van der Waals surface area contributed by atoms with Gasteiger partial charge in [0, 0.05) is 24.8 Å². The van der Waals surface area contributed by atoms with Gasteiger partial charge in [-0.1, -0.05) is 23.7 Å². The van der Waals surface area contributed by atoms with Crippen molar-refractivity contribution in [3.8, 4) is 0 Å². The first-order chi connectivity index (χ1) is 12.7. The molecule has 0 radical (unpaired) electrons. The van der Waals surface area contributed by atoms with Gasteiger partial charge in [0.25, 0.3) is 0 Å².